The van der Waals surface area contributed by atoms with Crippen LogP contribution < -0.4 is 10.2 Å². The summed E-state index contributed by atoms with van der Waals surface area (Å²) in [6.45, 7) is -0.275. The van der Waals surface area contributed by atoms with E-state index in [2.05, 4.69) is 21.3 Å². The van der Waals surface area contributed by atoms with Gasteiger partial charge in [0.05, 0.1) is 22.2 Å². The number of carbonyl (C=O) groups excluding carboxylic acids is 1. The molecule has 184 valence electrons. The predicted octanol–water partition coefficient (Wildman–Crippen LogP) is 4.35. The van der Waals surface area contributed by atoms with Crippen molar-refractivity contribution >= 4 is 22.5 Å². The fourth-order valence-corrected chi connectivity index (χ4v) is 7.28. The number of anilines is 1. The third-order valence-corrected chi connectivity index (χ3v) is 9.33. The minimum atomic E-state index is -4.50. The van der Waals surface area contributed by atoms with E-state index in [0.29, 0.717) is 28.2 Å². The summed E-state index contributed by atoms with van der Waals surface area (Å²) < 4.78 is 43.6. The molecule has 1 aliphatic carbocycles. The molecular weight excluding hydrogens is 455 g/mol. The Kier molecular flexibility index (Phi) is 4.73. The molecule has 4 aliphatic rings. The number of hydrogen-bond donors (Lipinski definition) is 1. The first-order chi connectivity index (χ1) is 16.7. The molecule has 35 heavy (non-hydrogen) atoms. The molecule has 4 fully saturated rings. The van der Waals surface area contributed by atoms with Crippen LogP contribution in [0.4, 0.5) is 18.9 Å². The number of hydrogen-bond acceptors (Lipinski definition) is 5. The van der Waals surface area contributed by atoms with E-state index in [1.807, 2.05) is 7.05 Å². The molecule has 3 saturated heterocycles. The third kappa shape index (κ3) is 2.98. The van der Waals surface area contributed by atoms with Gasteiger partial charge in [-0.25, -0.2) is 0 Å². The first-order valence-corrected chi connectivity index (χ1v) is 12.3. The van der Waals surface area contributed by atoms with Gasteiger partial charge in [0.1, 0.15) is 11.5 Å². The minimum Gasteiger partial charge on any atom is -0.369 e. The van der Waals surface area contributed by atoms with Gasteiger partial charge in [-0.1, -0.05) is 0 Å². The largest absolute Gasteiger partial charge is 0.397 e. The second-order valence-electron chi connectivity index (χ2n) is 10.9. The molecule has 2 unspecified atom stereocenters. The molecule has 0 spiro atoms. The van der Waals surface area contributed by atoms with Crippen LogP contribution in [0.5, 0.6) is 0 Å². The first-order valence-electron chi connectivity index (χ1n) is 12.3. The number of alkyl halides is 3. The van der Waals surface area contributed by atoms with Crippen molar-refractivity contribution in [3.8, 4) is 6.07 Å². The highest BCUT2D eigenvalue weighted by Crippen LogP contribution is 2.75. The Morgan fingerprint density at radius 2 is 1.94 bits per heavy atom. The SMILES string of the molecule is CN1C2CCCC1(NC(=O)C13CN(c4ccc(C#N)c5ncccc45)CC1(C(F)(F)F)C3)CCC2. The molecule has 6 rings (SSSR count). The summed E-state index contributed by atoms with van der Waals surface area (Å²) in [7, 11) is 2.00. The summed E-state index contributed by atoms with van der Waals surface area (Å²) in [4.78, 5) is 22.0. The molecule has 2 atom stereocenters. The molecule has 1 aromatic heterocycles. The molecule has 2 aromatic rings. The lowest BCUT2D eigenvalue weighted by molar-refractivity contribution is -0.192. The number of carbonyl (C=O) groups is 1. The minimum absolute atomic E-state index is 0.00252. The number of halogens is 3. The highest BCUT2D eigenvalue weighted by molar-refractivity contribution is 5.97. The summed E-state index contributed by atoms with van der Waals surface area (Å²) >= 11 is 0. The Hall–Kier alpha value is -2.86. The van der Waals surface area contributed by atoms with Crippen molar-refractivity contribution in [1.29, 1.82) is 5.26 Å². The van der Waals surface area contributed by atoms with Crippen LogP contribution in [0.25, 0.3) is 10.9 Å². The van der Waals surface area contributed by atoms with Crippen LogP contribution in [0.2, 0.25) is 0 Å². The molecule has 2 bridgehead atoms. The number of amides is 1. The lowest BCUT2D eigenvalue weighted by Crippen LogP contribution is -2.67. The van der Waals surface area contributed by atoms with E-state index in [9.17, 15) is 23.2 Å². The lowest BCUT2D eigenvalue weighted by atomic mass is 9.79. The van der Waals surface area contributed by atoms with E-state index in [0.717, 1.165) is 38.5 Å². The Labute approximate surface area is 202 Å². The molecule has 1 amide bonds. The average Bonchev–Trinajstić information content (AvgIpc) is 3.37. The molecule has 3 aliphatic heterocycles. The highest BCUT2D eigenvalue weighted by Gasteiger charge is 2.86. The van der Waals surface area contributed by atoms with Crippen molar-refractivity contribution < 1.29 is 18.0 Å². The number of aromatic nitrogens is 1. The van der Waals surface area contributed by atoms with Crippen LogP contribution in [-0.4, -0.2) is 53.8 Å². The van der Waals surface area contributed by atoms with Gasteiger partial charge in [0.15, 0.2) is 0 Å². The zero-order valence-corrected chi connectivity index (χ0v) is 19.7. The summed E-state index contributed by atoms with van der Waals surface area (Å²) in [5.41, 5.74) is -2.70. The molecule has 6 nitrogen and oxygen atoms in total. The summed E-state index contributed by atoms with van der Waals surface area (Å²) in [5, 5.41) is 13.2. The van der Waals surface area contributed by atoms with E-state index < -0.39 is 28.6 Å². The standard InChI is InChI=1S/C26H28F3N5O/c1-33-18-5-2-10-25(33,11-3-6-18)32-22(35)23-14-24(23,26(27,28)29)16-34(15-23)20-9-8-17(13-30)21-19(20)7-4-12-31-21/h4,7-9,12,18H,2-3,5-6,10-11,14-16H2,1H3,(H,32,35). The van der Waals surface area contributed by atoms with E-state index >= 15 is 0 Å². The number of nitrogens with zero attached hydrogens (tertiary/aromatic N) is 4. The van der Waals surface area contributed by atoms with Gasteiger partial charge in [0.25, 0.3) is 0 Å². The second kappa shape index (κ2) is 7.33. The number of benzene rings is 1. The predicted molar refractivity (Wildman–Crippen MR) is 124 cm³/mol. The van der Waals surface area contributed by atoms with Gasteiger partial charge >= 0.3 is 6.18 Å². The van der Waals surface area contributed by atoms with E-state index in [1.54, 1.807) is 35.4 Å². The summed E-state index contributed by atoms with van der Waals surface area (Å²) in [5.74, 6) is -0.470. The van der Waals surface area contributed by atoms with Crippen LogP contribution in [0.1, 0.15) is 50.5 Å². The van der Waals surface area contributed by atoms with Gasteiger partial charge < -0.3 is 10.2 Å². The van der Waals surface area contributed by atoms with Crippen LogP contribution >= 0.6 is 0 Å². The molecule has 1 N–H and O–H groups in total. The van der Waals surface area contributed by atoms with Gasteiger partial charge in [0, 0.05) is 36.4 Å². The highest BCUT2D eigenvalue weighted by atomic mass is 19.4. The first kappa shape index (κ1) is 22.6. The second-order valence-corrected chi connectivity index (χ2v) is 10.9. The Morgan fingerprint density at radius 1 is 1.20 bits per heavy atom. The van der Waals surface area contributed by atoms with Crippen molar-refractivity contribution in [1.82, 2.24) is 15.2 Å². The molecular formula is C26H28F3N5O. The molecule has 9 heteroatoms. The van der Waals surface area contributed by atoms with Crippen LogP contribution in [0.3, 0.4) is 0 Å². The summed E-state index contributed by atoms with van der Waals surface area (Å²) in [6.07, 6.45) is 2.53. The number of nitriles is 1. The van der Waals surface area contributed by atoms with Crippen LogP contribution in [-0.2, 0) is 4.79 Å². The van der Waals surface area contributed by atoms with Crippen molar-refractivity contribution in [3.05, 3.63) is 36.0 Å². The van der Waals surface area contributed by atoms with Gasteiger partial charge in [-0.05, 0) is 76.3 Å². The van der Waals surface area contributed by atoms with Crippen molar-refractivity contribution in [2.45, 2.75) is 62.8 Å². The quantitative estimate of drug-likeness (QED) is 0.703. The number of fused-ring (bicyclic) bond motifs is 4. The van der Waals surface area contributed by atoms with Gasteiger partial charge in [-0.3, -0.25) is 14.7 Å². The average molecular weight is 484 g/mol. The normalized spacial score (nSPS) is 34.4. The summed E-state index contributed by atoms with van der Waals surface area (Å²) in [6, 6.07) is 9.24. The molecule has 1 aromatic carbocycles. The number of piperidine rings is 3. The number of rotatable bonds is 3. The van der Waals surface area contributed by atoms with E-state index in [-0.39, 0.29) is 19.5 Å². The Bertz CT molecular complexity index is 1250. The fraction of sp³-hybridized carbons (Fsp3) is 0.577. The van der Waals surface area contributed by atoms with Crippen molar-refractivity contribution in [3.63, 3.8) is 0 Å². The topological polar surface area (TPSA) is 72.3 Å². The van der Waals surface area contributed by atoms with Crippen LogP contribution in [0, 0.1) is 22.2 Å². The van der Waals surface area contributed by atoms with E-state index in [4.69, 9.17) is 0 Å². The maximum Gasteiger partial charge on any atom is 0.397 e. The fourth-order valence-electron chi connectivity index (χ4n) is 7.28. The van der Waals surface area contributed by atoms with Gasteiger partial charge in [-0.15, -0.1) is 0 Å². The van der Waals surface area contributed by atoms with Crippen molar-refractivity contribution in [2.75, 3.05) is 25.0 Å². The van der Waals surface area contributed by atoms with Crippen LogP contribution in [0.15, 0.2) is 30.5 Å². The molecule has 1 saturated carbocycles. The number of nitrogens with one attached hydrogen (secondary N) is 1. The van der Waals surface area contributed by atoms with Gasteiger partial charge in [-0.2, -0.15) is 18.4 Å². The van der Waals surface area contributed by atoms with E-state index in [1.165, 1.54) is 0 Å². The zero-order chi connectivity index (χ0) is 24.6. The van der Waals surface area contributed by atoms with Crippen molar-refractivity contribution in [2.24, 2.45) is 10.8 Å². The maximum absolute atomic E-state index is 14.5. The molecule has 0 radical (unpaired) electrons. The maximum atomic E-state index is 14.5. The Morgan fingerprint density at radius 3 is 2.63 bits per heavy atom. The zero-order valence-electron chi connectivity index (χ0n) is 19.7. The number of pyridine rings is 1. The molecule has 4 heterocycles. The Balaban J connectivity index is 1.36. The lowest BCUT2D eigenvalue weighted by Gasteiger charge is -2.54. The smallest absolute Gasteiger partial charge is 0.369 e. The third-order valence-electron chi connectivity index (χ3n) is 9.33. The monoisotopic (exact) mass is 483 g/mol. The van der Waals surface area contributed by atoms with Gasteiger partial charge in [0.2, 0.25) is 5.91 Å².